The second-order valence-electron chi connectivity index (χ2n) is 6.22. The number of likely N-dealkylation sites (N-methyl/N-ethyl adjacent to an activating group) is 1. The third-order valence-electron chi connectivity index (χ3n) is 4.48. The van der Waals surface area contributed by atoms with Gasteiger partial charge in [-0.25, -0.2) is 4.99 Å². The van der Waals surface area contributed by atoms with Gasteiger partial charge in [0, 0.05) is 38.2 Å². The molecule has 0 saturated carbocycles. The molecule has 0 aliphatic carbocycles. The number of piperazine rings is 1. The van der Waals surface area contributed by atoms with Gasteiger partial charge < -0.3 is 15.1 Å². The molecular formula is C17H22N4S. The van der Waals surface area contributed by atoms with E-state index in [0.717, 1.165) is 44.0 Å². The van der Waals surface area contributed by atoms with E-state index < -0.39 is 0 Å². The largest absolute Gasteiger partial charge is 0.354 e. The van der Waals surface area contributed by atoms with Crippen LogP contribution >= 0.6 is 11.4 Å². The lowest BCUT2D eigenvalue weighted by atomic mass is 10.1. The van der Waals surface area contributed by atoms with Gasteiger partial charge in [0.2, 0.25) is 0 Å². The van der Waals surface area contributed by atoms with Gasteiger partial charge in [-0.1, -0.05) is 12.1 Å². The predicted molar refractivity (Wildman–Crippen MR) is 97.5 cm³/mol. The molecule has 3 aliphatic rings. The van der Waals surface area contributed by atoms with Gasteiger partial charge in [-0.3, -0.25) is 0 Å². The lowest BCUT2D eigenvalue weighted by molar-refractivity contribution is 0.215. The number of benzene rings is 1. The van der Waals surface area contributed by atoms with Crippen LogP contribution < -0.4 is 5.32 Å². The maximum atomic E-state index is 5.05. The number of aliphatic imine (C=N–C) groups is 1. The van der Waals surface area contributed by atoms with Gasteiger partial charge >= 0.3 is 0 Å². The molecule has 0 atom stereocenters. The van der Waals surface area contributed by atoms with Gasteiger partial charge in [-0.05, 0) is 31.0 Å². The Labute approximate surface area is 135 Å². The minimum absolute atomic E-state index is 1.04. The average molecular weight is 314 g/mol. The van der Waals surface area contributed by atoms with E-state index in [-0.39, 0.29) is 0 Å². The molecule has 1 fully saturated rings. The standard InChI is InChI=1S/C17H22N4S/c1-12-11-13-16(21-9-7-20(2)8-10-21)18-14-5-3-4-6-15(14)19-17(13)22-12/h3-6,19,22H,7-11H2,1-2H3. The summed E-state index contributed by atoms with van der Waals surface area (Å²) in [5, 5.41) is 4.94. The van der Waals surface area contributed by atoms with Crippen molar-refractivity contribution < 1.29 is 0 Å². The number of anilines is 1. The summed E-state index contributed by atoms with van der Waals surface area (Å²) in [6, 6.07) is 8.37. The molecule has 1 aromatic rings. The Morgan fingerprint density at radius 1 is 1.14 bits per heavy atom. The number of amidine groups is 1. The zero-order chi connectivity index (χ0) is 15.1. The fourth-order valence-electron chi connectivity index (χ4n) is 3.19. The van der Waals surface area contributed by atoms with Crippen molar-refractivity contribution in [2.45, 2.75) is 13.3 Å². The van der Waals surface area contributed by atoms with E-state index in [4.69, 9.17) is 4.99 Å². The van der Waals surface area contributed by atoms with Crippen LogP contribution in [-0.2, 0) is 0 Å². The molecule has 0 aromatic heterocycles. The van der Waals surface area contributed by atoms with Crippen LogP contribution in [0.4, 0.5) is 11.4 Å². The third kappa shape index (κ3) is 2.48. The molecule has 1 aromatic carbocycles. The van der Waals surface area contributed by atoms with Crippen LogP contribution in [-0.4, -0.2) is 53.7 Å². The molecule has 116 valence electrons. The summed E-state index contributed by atoms with van der Waals surface area (Å²) < 4.78 is 0. The first-order valence-electron chi connectivity index (χ1n) is 7.86. The zero-order valence-electron chi connectivity index (χ0n) is 13.1. The first-order chi connectivity index (χ1) is 10.7. The molecule has 5 heteroatoms. The van der Waals surface area contributed by atoms with E-state index in [9.17, 15) is 0 Å². The van der Waals surface area contributed by atoms with Crippen molar-refractivity contribution >= 4 is 33.4 Å². The van der Waals surface area contributed by atoms with Crippen LogP contribution in [0, 0.1) is 0 Å². The van der Waals surface area contributed by atoms with Crippen molar-refractivity contribution in [1.29, 1.82) is 0 Å². The van der Waals surface area contributed by atoms with Crippen LogP contribution in [0.2, 0.25) is 0 Å². The van der Waals surface area contributed by atoms with Gasteiger partial charge in [-0.15, -0.1) is 0 Å². The fourth-order valence-corrected chi connectivity index (χ4v) is 4.30. The van der Waals surface area contributed by atoms with Gasteiger partial charge in [0.1, 0.15) is 5.84 Å². The maximum Gasteiger partial charge on any atom is 0.135 e. The maximum absolute atomic E-state index is 5.05. The number of nitrogens with one attached hydrogen (secondary N) is 1. The normalized spacial score (nSPS) is 22.0. The number of rotatable bonds is 0. The summed E-state index contributed by atoms with van der Waals surface area (Å²) in [4.78, 5) is 11.4. The first-order valence-corrected chi connectivity index (χ1v) is 8.76. The smallest absolute Gasteiger partial charge is 0.135 e. The Hall–Kier alpha value is -1.59. The Kier molecular flexibility index (Phi) is 3.54. The van der Waals surface area contributed by atoms with Crippen LogP contribution in [0.15, 0.2) is 39.9 Å². The molecule has 0 radical (unpaired) electrons. The number of fused-ring (bicyclic) bond motifs is 1. The van der Waals surface area contributed by atoms with E-state index in [1.165, 1.54) is 32.7 Å². The molecule has 0 spiro atoms. The molecule has 3 heterocycles. The molecule has 1 N–H and O–H groups in total. The molecule has 22 heavy (non-hydrogen) atoms. The highest BCUT2D eigenvalue weighted by Crippen LogP contribution is 2.37. The summed E-state index contributed by atoms with van der Waals surface area (Å²) in [6.07, 6.45) is 1.04. The fraction of sp³-hybridized carbons (Fsp3) is 0.412. The molecule has 0 bridgehead atoms. The second-order valence-corrected chi connectivity index (χ2v) is 7.65. The zero-order valence-corrected chi connectivity index (χ0v) is 14.0. The summed E-state index contributed by atoms with van der Waals surface area (Å²) in [5.41, 5.74) is 3.57. The van der Waals surface area contributed by atoms with Crippen molar-refractivity contribution in [3.8, 4) is 0 Å². The summed E-state index contributed by atoms with van der Waals surface area (Å²) in [6.45, 7) is 6.58. The molecule has 4 rings (SSSR count). The monoisotopic (exact) mass is 314 g/mol. The van der Waals surface area contributed by atoms with Crippen molar-refractivity contribution in [1.82, 2.24) is 9.80 Å². The molecule has 4 nitrogen and oxygen atoms in total. The molecule has 0 unspecified atom stereocenters. The van der Waals surface area contributed by atoms with Gasteiger partial charge in [-0.2, -0.15) is 11.4 Å². The number of para-hydroxylation sites is 2. The Morgan fingerprint density at radius 2 is 1.91 bits per heavy atom. The number of thiol groups is 1. The minimum Gasteiger partial charge on any atom is -0.354 e. The van der Waals surface area contributed by atoms with Crippen molar-refractivity contribution in [2.75, 3.05) is 38.5 Å². The molecule has 1 saturated heterocycles. The van der Waals surface area contributed by atoms with Crippen molar-refractivity contribution in [2.24, 2.45) is 4.99 Å². The summed E-state index contributed by atoms with van der Waals surface area (Å²) in [5.74, 6) is 1.19. The lowest BCUT2D eigenvalue weighted by Gasteiger charge is -2.35. The van der Waals surface area contributed by atoms with Gasteiger partial charge in [0.15, 0.2) is 0 Å². The van der Waals surface area contributed by atoms with E-state index in [1.807, 2.05) is 0 Å². The SMILES string of the molecule is CC1=[SH]C2=C(C1)C(N1CCN(C)CC1)=Nc1ccccc1N2. The second kappa shape index (κ2) is 5.56. The molecule has 0 amide bonds. The van der Waals surface area contributed by atoms with E-state index in [0.29, 0.717) is 0 Å². The van der Waals surface area contributed by atoms with E-state index in [1.54, 1.807) is 0 Å². The Balaban J connectivity index is 1.76. The van der Waals surface area contributed by atoms with E-state index >= 15 is 0 Å². The van der Waals surface area contributed by atoms with E-state index in [2.05, 4.69) is 53.4 Å². The topological polar surface area (TPSA) is 30.9 Å². The van der Waals surface area contributed by atoms with Crippen molar-refractivity contribution in [3.63, 3.8) is 0 Å². The lowest BCUT2D eigenvalue weighted by Crippen LogP contribution is -2.47. The van der Waals surface area contributed by atoms with Gasteiger partial charge in [0.05, 0.1) is 16.4 Å². The molecular weight excluding hydrogens is 292 g/mol. The van der Waals surface area contributed by atoms with Crippen LogP contribution in [0.25, 0.3) is 0 Å². The number of hydrogen-bond acceptors (Lipinski definition) is 4. The van der Waals surface area contributed by atoms with Crippen LogP contribution in [0.3, 0.4) is 0 Å². The predicted octanol–water partition coefficient (Wildman–Crippen LogP) is 2.66. The average Bonchev–Trinajstić information content (AvgIpc) is 2.80. The Bertz CT molecular complexity index is 696. The number of nitrogens with zero attached hydrogens (tertiary/aromatic N) is 3. The third-order valence-corrected chi connectivity index (χ3v) is 5.62. The summed E-state index contributed by atoms with van der Waals surface area (Å²) in [7, 11) is 2.19. The summed E-state index contributed by atoms with van der Waals surface area (Å²) >= 11 is 1.32. The number of hydrogen-bond donors (Lipinski definition) is 2. The van der Waals surface area contributed by atoms with Crippen LogP contribution in [0.1, 0.15) is 13.3 Å². The van der Waals surface area contributed by atoms with Gasteiger partial charge in [0.25, 0.3) is 0 Å². The highest BCUT2D eigenvalue weighted by Gasteiger charge is 2.27. The highest BCUT2D eigenvalue weighted by atomic mass is 32.1. The molecule has 3 aliphatic heterocycles. The quantitative estimate of drug-likeness (QED) is 0.570. The van der Waals surface area contributed by atoms with Crippen molar-refractivity contribution in [3.05, 3.63) is 34.9 Å². The highest BCUT2D eigenvalue weighted by molar-refractivity contribution is 8.02. The first kappa shape index (κ1) is 14.0. The Morgan fingerprint density at radius 3 is 2.73 bits per heavy atom. The van der Waals surface area contributed by atoms with Crippen LogP contribution in [0.5, 0.6) is 0 Å². The minimum atomic E-state index is 1.04.